The Labute approximate surface area is 149 Å². The molecule has 1 aromatic carbocycles. The topological polar surface area (TPSA) is 83.6 Å². The number of nitriles is 1. The molecule has 0 aliphatic carbocycles. The number of halogens is 3. The van der Waals surface area contributed by atoms with Gasteiger partial charge in [0.15, 0.2) is 5.16 Å². The Morgan fingerprint density at radius 1 is 1.32 bits per heavy atom. The fourth-order valence-electron chi connectivity index (χ4n) is 1.81. The largest absolute Gasteiger partial charge is 0.451 e. The standard InChI is InChI=1S/C14H12F3N5OS2/c1-22-12(14(15,16)17)20-21-13(22)25-8-11(23)19-9-4-2-3-5-10(9)24-7-6-18/h2-5H,7-8H2,1H3,(H,19,23). The van der Waals surface area contributed by atoms with Crippen LogP contribution in [0.1, 0.15) is 5.82 Å². The number of thioether (sulfide) groups is 2. The summed E-state index contributed by atoms with van der Waals surface area (Å²) in [4.78, 5) is 12.8. The van der Waals surface area contributed by atoms with Crippen molar-refractivity contribution in [3.8, 4) is 6.07 Å². The average Bonchev–Trinajstić information content (AvgIpc) is 2.93. The first kappa shape index (κ1) is 19.1. The third-order valence-corrected chi connectivity index (χ3v) is 4.83. The van der Waals surface area contributed by atoms with Crippen molar-refractivity contribution < 1.29 is 18.0 Å². The molecule has 0 fully saturated rings. The number of hydrogen-bond acceptors (Lipinski definition) is 6. The summed E-state index contributed by atoms with van der Waals surface area (Å²) in [6.45, 7) is 0. The van der Waals surface area contributed by atoms with Gasteiger partial charge in [-0.1, -0.05) is 23.9 Å². The van der Waals surface area contributed by atoms with E-state index in [9.17, 15) is 18.0 Å². The van der Waals surface area contributed by atoms with Gasteiger partial charge in [-0.25, -0.2) is 0 Å². The molecule has 11 heteroatoms. The van der Waals surface area contributed by atoms with E-state index in [1.54, 1.807) is 24.3 Å². The van der Waals surface area contributed by atoms with Crippen LogP contribution in [0.4, 0.5) is 18.9 Å². The molecule has 2 rings (SSSR count). The van der Waals surface area contributed by atoms with E-state index in [4.69, 9.17) is 5.26 Å². The Hall–Kier alpha value is -2.19. The maximum absolute atomic E-state index is 12.7. The lowest BCUT2D eigenvalue weighted by Gasteiger charge is -2.09. The lowest BCUT2D eigenvalue weighted by atomic mass is 10.3. The van der Waals surface area contributed by atoms with Crippen LogP contribution in [0.25, 0.3) is 0 Å². The maximum Gasteiger partial charge on any atom is 0.451 e. The predicted molar refractivity (Wildman–Crippen MR) is 88.1 cm³/mol. The summed E-state index contributed by atoms with van der Waals surface area (Å²) in [5.41, 5.74) is 0.544. The van der Waals surface area contributed by atoms with Gasteiger partial charge < -0.3 is 9.88 Å². The molecular weight excluding hydrogens is 375 g/mol. The molecule has 132 valence electrons. The highest BCUT2D eigenvalue weighted by Gasteiger charge is 2.37. The Morgan fingerprint density at radius 2 is 2.04 bits per heavy atom. The molecule has 2 aromatic rings. The SMILES string of the molecule is Cn1c(SCC(=O)Nc2ccccc2SCC#N)nnc1C(F)(F)F. The van der Waals surface area contributed by atoms with Crippen molar-refractivity contribution in [2.45, 2.75) is 16.2 Å². The van der Waals surface area contributed by atoms with Gasteiger partial charge in [0.05, 0.1) is 23.3 Å². The number of anilines is 1. The molecule has 6 nitrogen and oxygen atoms in total. The zero-order valence-electron chi connectivity index (χ0n) is 12.9. The second-order valence-corrected chi connectivity index (χ2v) is 6.60. The van der Waals surface area contributed by atoms with Crippen LogP contribution in [0.2, 0.25) is 0 Å². The normalized spacial score (nSPS) is 11.2. The van der Waals surface area contributed by atoms with Crippen LogP contribution in [0.3, 0.4) is 0 Å². The van der Waals surface area contributed by atoms with Crippen LogP contribution in [-0.4, -0.2) is 32.2 Å². The van der Waals surface area contributed by atoms with Gasteiger partial charge in [-0.05, 0) is 12.1 Å². The summed E-state index contributed by atoms with van der Waals surface area (Å²) in [6, 6.07) is 8.97. The first-order valence-electron chi connectivity index (χ1n) is 6.81. The van der Waals surface area contributed by atoms with Gasteiger partial charge in [-0.2, -0.15) is 18.4 Å². The van der Waals surface area contributed by atoms with Crippen molar-refractivity contribution in [1.82, 2.24) is 14.8 Å². The molecule has 0 unspecified atom stereocenters. The van der Waals surface area contributed by atoms with E-state index in [0.717, 1.165) is 21.2 Å². The lowest BCUT2D eigenvalue weighted by Crippen LogP contribution is -2.16. The Balaban J connectivity index is 1.98. The molecule has 0 bridgehead atoms. The number of nitrogens with one attached hydrogen (secondary N) is 1. The predicted octanol–water partition coefficient (Wildman–Crippen LogP) is 3.18. The summed E-state index contributed by atoms with van der Waals surface area (Å²) in [5, 5.41) is 17.9. The number of rotatable bonds is 6. The van der Waals surface area contributed by atoms with Crippen LogP contribution < -0.4 is 5.32 Å². The van der Waals surface area contributed by atoms with E-state index >= 15 is 0 Å². The van der Waals surface area contributed by atoms with Gasteiger partial charge in [-0.15, -0.1) is 22.0 Å². The van der Waals surface area contributed by atoms with Gasteiger partial charge in [-0.3, -0.25) is 4.79 Å². The minimum atomic E-state index is -4.60. The number of amides is 1. The number of alkyl halides is 3. The van der Waals surface area contributed by atoms with Gasteiger partial charge in [0, 0.05) is 11.9 Å². The van der Waals surface area contributed by atoms with E-state index in [0.29, 0.717) is 5.69 Å². The average molecular weight is 387 g/mol. The third-order valence-electron chi connectivity index (χ3n) is 2.87. The van der Waals surface area contributed by atoms with Crippen molar-refractivity contribution in [3.63, 3.8) is 0 Å². The molecule has 0 atom stereocenters. The zero-order valence-corrected chi connectivity index (χ0v) is 14.5. The molecule has 1 N–H and O–H groups in total. The highest BCUT2D eigenvalue weighted by atomic mass is 32.2. The Bertz CT molecular complexity index is 800. The van der Waals surface area contributed by atoms with Crippen molar-refractivity contribution in [3.05, 3.63) is 30.1 Å². The molecule has 0 spiro atoms. The smallest absolute Gasteiger partial charge is 0.324 e. The van der Waals surface area contributed by atoms with Crippen LogP contribution in [-0.2, 0) is 18.0 Å². The van der Waals surface area contributed by atoms with E-state index < -0.39 is 17.9 Å². The molecular formula is C14H12F3N5OS2. The number of nitrogens with zero attached hydrogens (tertiary/aromatic N) is 4. The van der Waals surface area contributed by atoms with Crippen molar-refractivity contribution in [2.75, 3.05) is 16.8 Å². The van der Waals surface area contributed by atoms with Crippen LogP contribution >= 0.6 is 23.5 Å². The summed E-state index contributed by atoms with van der Waals surface area (Å²) >= 11 is 2.13. The van der Waals surface area contributed by atoms with Gasteiger partial charge in [0.1, 0.15) is 0 Å². The third kappa shape index (κ3) is 5.14. The molecule has 1 aromatic heterocycles. The number of para-hydroxylation sites is 1. The highest BCUT2D eigenvalue weighted by molar-refractivity contribution is 8.00. The van der Waals surface area contributed by atoms with E-state index in [-0.39, 0.29) is 16.7 Å². The molecule has 0 saturated carbocycles. The molecule has 25 heavy (non-hydrogen) atoms. The Morgan fingerprint density at radius 3 is 2.68 bits per heavy atom. The summed E-state index contributed by atoms with van der Waals surface area (Å²) in [6.07, 6.45) is -4.60. The van der Waals surface area contributed by atoms with Crippen molar-refractivity contribution in [2.24, 2.45) is 7.05 Å². The van der Waals surface area contributed by atoms with Crippen LogP contribution in [0, 0.1) is 11.3 Å². The molecule has 0 radical (unpaired) electrons. The molecule has 0 aliphatic heterocycles. The fraction of sp³-hybridized carbons (Fsp3) is 0.286. The number of benzene rings is 1. The van der Waals surface area contributed by atoms with Crippen molar-refractivity contribution in [1.29, 1.82) is 5.26 Å². The first-order valence-corrected chi connectivity index (χ1v) is 8.78. The zero-order chi connectivity index (χ0) is 18.4. The Kier molecular flexibility index (Phi) is 6.33. The first-order chi connectivity index (χ1) is 11.8. The van der Waals surface area contributed by atoms with E-state index in [2.05, 4.69) is 15.5 Å². The quantitative estimate of drug-likeness (QED) is 0.767. The van der Waals surface area contributed by atoms with Gasteiger partial charge in [0.2, 0.25) is 11.7 Å². The van der Waals surface area contributed by atoms with Gasteiger partial charge >= 0.3 is 6.18 Å². The second kappa shape index (κ2) is 8.26. The molecule has 1 heterocycles. The maximum atomic E-state index is 12.7. The number of aromatic nitrogens is 3. The monoisotopic (exact) mass is 387 g/mol. The lowest BCUT2D eigenvalue weighted by molar-refractivity contribution is -0.147. The minimum Gasteiger partial charge on any atom is -0.324 e. The van der Waals surface area contributed by atoms with Crippen molar-refractivity contribution >= 4 is 35.1 Å². The van der Waals surface area contributed by atoms with E-state index in [1.165, 1.54) is 18.8 Å². The fourth-order valence-corrected chi connectivity index (χ4v) is 3.19. The number of carbonyl (C=O) groups excluding carboxylic acids is 1. The highest BCUT2D eigenvalue weighted by Crippen LogP contribution is 2.30. The molecule has 0 aliphatic rings. The number of carbonyl (C=O) groups is 1. The molecule has 0 saturated heterocycles. The van der Waals surface area contributed by atoms with Gasteiger partial charge in [0.25, 0.3) is 0 Å². The summed E-state index contributed by atoms with van der Waals surface area (Å²) < 4.78 is 38.8. The second-order valence-electron chi connectivity index (χ2n) is 4.64. The van der Waals surface area contributed by atoms with Crippen LogP contribution in [0.5, 0.6) is 0 Å². The van der Waals surface area contributed by atoms with E-state index in [1.807, 2.05) is 6.07 Å². The van der Waals surface area contributed by atoms with Crippen LogP contribution in [0.15, 0.2) is 34.3 Å². The summed E-state index contributed by atoms with van der Waals surface area (Å²) in [5.74, 6) is -1.40. The molecule has 1 amide bonds. The summed E-state index contributed by atoms with van der Waals surface area (Å²) in [7, 11) is 1.19. The number of hydrogen-bond donors (Lipinski definition) is 1. The minimum absolute atomic E-state index is 0.00499.